The van der Waals surface area contributed by atoms with Crippen molar-refractivity contribution in [3.8, 4) is 11.5 Å². The fraction of sp³-hybridized carbons (Fsp3) is 0.294. The van der Waals surface area contributed by atoms with Crippen molar-refractivity contribution < 1.29 is 4.74 Å². The van der Waals surface area contributed by atoms with Crippen molar-refractivity contribution in [2.24, 2.45) is 0 Å². The Kier molecular flexibility index (Phi) is 3.52. The number of nitrogen functional groups attached to an aromatic ring is 1. The average Bonchev–Trinajstić information content (AvgIpc) is 2.33. The van der Waals surface area contributed by atoms with Crippen LogP contribution in [0.2, 0.25) is 0 Å². The molecule has 2 rings (SSSR count). The van der Waals surface area contributed by atoms with Gasteiger partial charge < -0.3 is 10.5 Å². The number of nitrogens with two attached hydrogens (primary N) is 1. The Morgan fingerprint density at radius 2 is 1.68 bits per heavy atom. The van der Waals surface area contributed by atoms with Gasteiger partial charge >= 0.3 is 0 Å². The molecule has 2 aromatic carbocycles. The predicted octanol–water partition coefficient (Wildman–Crippen LogP) is 4.67. The molecular formula is C17H21NO. The first-order valence-corrected chi connectivity index (χ1v) is 6.51. The smallest absolute Gasteiger partial charge is 0.153 e. The van der Waals surface area contributed by atoms with Crippen LogP contribution >= 0.6 is 0 Å². The van der Waals surface area contributed by atoms with Crippen molar-refractivity contribution in [3.05, 3.63) is 53.6 Å². The van der Waals surface area contributed by atoms with Gasteiger partial charge in [0.1, 0.15) is 5.75 Å². The van der Waals surface area contributed by atoms with E-state index in [1.165, 1.54) is 5.56 Å². The van der Waals surface area contributed by atoms with Gasteiger partial charge in [-0.3, -0.25) is 0 Å². The fourth-order valence-electron chi connectivity index (χ4n) is 1.96. The first-order chi connectivity index (χ1) is 8.88. The molecule has 0 fully saturated rings. The lowest BCUT2D eigenvalue weighted by molar-refractivity contribution is 0.477. The minimum Gasteiger partial charge on any atom is -0.455 e. The standard InChI is InChI=1S/C17H21NO/c1-12-7-5-10-15(18)16(12)19-14-9-6-8-13(11-14)17(2,3)4/h5-11H,18H2,1-4H3. The van der Waals surface area contributed by atoms with Gasteiger partial charge in [0.15, 0.2) is 5.75 Å². The summed E-state index contributed by atoms with van der Waals surface area (Å²) in [6.45, 7) is 8.57. The van der Waals surface area contributed by atoms with Gasteiger partial charge in [-0.2, -0.15) is 0 Å². The predicted molar refractivity (Wildman–Crippen MR) is 80.8 cm³/mol. The fourth-order valence-corrected chi connectivity index (χ4v) is 1.96. The summed E-state index contributed by atoms with van der Waals surface area (Å²) in [5.41, 5.74) is 9.03. The zero-order valence-corrected chi connectivity index (χ0v) is 12.0. The molecule has 0 aromatic heterocycles. The summed E-state index contributed by atoms with van der Waals surface area (Å²) in [4.78, 5) is 0. The molecule has 2 heteroatoms. The Labute approximate surface area is 115 Å². The van der Waals surface area contributed by atoms with Gasteiger partial charge in [0.05, 0.1) is 5.69 Å². The van der Waals surface area contributed by atoms with Gasteiger partial charge in [0.25, 0.3) is 0 Å². The van der Waals surface area contributed by atoms with Crippen LogP contribution in [0.3, 0.4) is 0 Å². The van der Waals surface area contributed by atoms with Crippen molar-refractivity contribution in [2.45, 2.75) is 33.1 Å². The average molecular weight is 255 g/mol. The number of benzene rings is 2. The number of ether oxygens (including phenoxy) is 1. The minimum atomic E-state index is 0.108. The highest BCUT2D eigenvalue weighted by Gasteiger charge is 2.14. The second-order valence-corrected chi connectivity index (χ2v) is 5.87. The van der Waals surface area contributed by atoms with Crippen LogP contribution in [-0.2, 0) is 5.41 Å². The lowest BCUT2D eigenvalue weighted by Crippen LogP contribution is -2.10. The summed E-state index contributed by atoms with van der Waals surface area (Å²) in [7, 11) is 0. The third-order valence-electron chi connectivity index (χ3n) is 3.16. The van der Waals surface area contributed by atoms with Crippen LogP contribution in [-0.4, -0.2) is 0 Å². The van der Waals surface area contributed by atoms with Crippen LogP contribution in [0.4, 0.5) is 5.69 Å². The number of aryl methyl sites for hydroxylation is 1. The van der Waals surface area contributed by atoms with E-state index in [0.717, 1.165) is 17.1 Å². The molecule has 0 unspecified atom stereocenters. The van der Waals surface area contributed by atoms with Crippen LogP contribution in [0.1, 0.15) is 31.9 Å². The van der Waals surface area contributed by atoms with Crippen molar-refractivity contribution in [1.29, 1.82) is 0 Å². The molecular weight excluding hydrogens is 234 g/mol. The summed E-state index contributed by atoms with van der Waals surface area (Å²) in [6, 6.07) is 14.0. The van der Waals surface area contributed by atoms with Crippen molar-refractivity contribution in [2.75, 3.05) is 5.73 Å². The Hall–Kier alpha value is -1.96. The maximum absolute atomic E-state index is 5.97. The van der Waals surface area contributed by atoms with Gasteiger partial charge in [-0.25, -0.2) is 0 Å². The first kappa shape index (κ1) is 13.5. The Balaban J connectivity index is 2.34. The van der Waals surface area contributed by atoms with Gasteiger partial charge in [0.2, 0.25) is 0 Å². The van der Waals surface area contributed by atoms with Crippen molar-refractivity contribution in [3.63, 3.8) is 0 Å². The van der Waals surface area contributed by atoms with E-state index in [9.17, 15) is 0 Å². The molecule has 0 heterocycles. The molecule has 2 nitrogen and oxygen atoms in total. The molecule has 0 aliphatic heterocycles. The zero-order chi connectivity index (χ0) is 14.0. The van der Waals surface area contributed by atoms with Crippen LogP contribution in [0, 0.1) is 6.92 Å². The first-order valence-electron chi connectivity index (χ1n) is 6.51. The summed E-state index contributed by atoms with van der Waals surface area (Å²) >= 11 is 0. The third-order valence-corrected chi connectivity index (χ3v) is 3.16. The van der Waals surface area contributed by atoms with E-state index in [-0.39, 0.29) is 5.41 Å². The normalized spacial score (nSPS) is 11.4. The number of anilines is 1. The van der Waals surface area contributed by atoms with E-state index in [1.54, 1.807) is 0 Å². The lowest BCUT2D eigenvalue weighted by Gasteiger charge is -2.20. The Bertz CT molecular complexity index is 562. The van der Waals surface area contributed by atoms with Crippen LogP contribution in [0.15, 0.2) is 42.5 Å². The van der Waals surface area contributed by atoms with E-state index in [4.69, 9.17) is 10.5 Å². The molecule has 0 saturated heterocycles. The molecule has 19 heavy (non-hydrogen) atoms. The monoisotopic (exact) mass is 255 g/mol. The second kappa shape index (κ2) is 4.96. The van der Waals surface area contributed by atoms with Crippen LogP contribution in [0.5, 0.6) is 11.5 Å². The Morgan fingerprint density at radius 3 is 2.32 bits per heavy atom. The van der Waals surface area contributed by atoms with Crippen LogP contribution < -0.4 is 10.5 Å². The van der Waals surface area contributed by atoms with Crippen molar-refractivity contribution in [1.82, 2.24) is 0 Å². The van der Waals surface area contributed by atoms with E-state index in [1.807, 2.05) is 37.3 Å². The lowest BCUT2D eigenvalue weighted by atomic mass is 9.87. The Morgan fingerprint density at radius 1 is 1.00 bits per heavy atom. The maximum atomic E-state index is 5.97. The highest BCUT2D eigenvalue weighted by molar-refractivity contribution is 5.57. The number of hydrogen-bond acceptors (Lipinski definition) is 2. The van der Waals surface area contributed by atoms with Crippen LogP contribution in [0.25, 0.3) is 0 Å². The molecule has 0 spiro atoms. The molecule has 0 radical (unpaired) electrons. The van der Waals surface area contributed by atoms with Gasteiger partial charge in [-0.15, -0.1) is 0 Å². The SMILES string of the molecule is Cc1cccc(N)c1Oc1cccc(C(C)(C)C)c1. The van der Waals surface area contributed by atoms with Crippen molar-refractivity contribution >= 4 is 5.69 Å². The summed E-state index contributed by atoms with van der Waals surface area (Å²) in [5.74, 6) is 1.57. The zero-order valence-electron chi connectivity index (χ0n) is 12.0. The molecule has 2 N–H and O–H groups in total. The molecule has 0 saturated carbocycles. The molecule has 0 amide bonds. The van der Waals surface area contributed by atoms with E-state index in [2.05, 4.69) is 32.9 Å². The van der Waals surface area contributed by atoms with Gasteiger partial charge in [0, 0.05) is 0 Å². The summed E-state index contributed by atoms with van der Waals surface area (Å²) in [6.07, 6.45) is 0. The van der Waals surface area contributed by atoms with Gasteiger partial charge in [-0.1, -0.05) is 45.0 Å². The third kappa shape index (κ3) is 3.08. The van der Waals surface area contributed by atoms with E-state index >= 15 is 0 Å². The van der Waals surface area contributed by atoms with E-state index in [0.29, 0.717) is 5.69 Å². The molecule has 0 aliphatic rings. The molecule has 2 aromatic rings. The molecule has 100 valence electrons. The number of rotatable bonds is 2. The highest BCUT2D eigenvalue weighted by Crippen LogP contribution is 2.33. The molecule has 0 aliphatic carbocycles. The number of para-hydroxylation sites is 1. The molecule has 0 atom stereocenters. The number of hydrogen-bond donors (Lipinski definition) is 1. The maximum Gasteiger partial charge on any atom is 0.153 e. The summed E-state index contributed by atoms with van der Waals surface area (Å²) in [5, 5.41) is 0. The van der Waals surface area contributed by atoms with Gasteiger partial charge in [-0.05, 0) is 41.7 Å². The second-order valence-electron chi connectivity index (χ2n) is 5.87. The minimum absolute atomic E-state index is 0.108. The van der Waals surface area contributed by atoms with E-state index < -0.39 is 0 Å². The topological polar surface area (TPSA) is 35.2 Å². The highest BCUT2D eigenvalue weighted by atomic mass is 16.5. The quantitative estimate of drug-likeness (QED) is 0.792. The summed E-state index contributed by atoms with van der Waals surface area (Å²) < 4.78 is 5.95. The molecule has 0 bridgehead atoms. The largest absolute Gasteiger partial charge is 0.455 e.